The highest BCUT2D eigenvalue weighted by Crippen LogP contribution is 2.18. The number of ether oxygens (including phenoxy) is 1. The maximum atomic E-state index is 12.4. The first-order valence-electron chi connectivity index (χ1n) is 6.24. The van der Waals surface area contributed by atoms with Crippen LogP contribution in [0.1, 0.15) is 12.5 Å². The zero-order valence-electron chi connectivity index (χ0n) is 11.9. The lowest BCUT2D eigenvalue weighted by atomic mass is 10.2. The number of benzene rings is 1. The lowest BCUT2D eigenvalue weighted by Crippen LogP contribution is -2.33. The largest absolute Gasteiger partial charge is 0.465 e. The van der Waals surface area contributed by atoms with Crippen molar-refractivity contribution >= 4 is 16.0 Å². The third-order valence-corrected chi connectivity index (χ3v) is 4.40. The van der Waals surface area contributed by atoms with Gasteiger partial charge in [-0.1, -0.05) is 24.0 Å². The summed E-state index contributed by atoms with van der Waals surface area (Å²) in [6.07, 6.45) is 0. The van der Waals surface area contributed by atoms with Crippen molar-refractivity contribution in [3.05, 3.63) is 29.8 Å². The summed E-state index contributed by atoms with van der Waals surface area (Å²) in [6, 6.07) is 6.15. The van der Waals surface area contributed by atoms with E-state index in [4.69, 9.17) is 9.84 Å². The number of carbonyl (C=O) groups is 1. The maximum absolute atomic E-state index is 12.4. The third-order valence-electron chi connectivity index (χ3n) is 2.53. The minimum atomic E-state index is -3.87. The lowest BCUT2D eigenvalue weighted by Gasteiger charge is -2.17. The van der Waals surface area contributed by atoms with E-state index in [9.17, 15) is 13.2 Å². The Bertz CT molecular complexity index is 657. The quantitative estimate of drug-likeness (QED) is 0.621. The van der Waals surface area contributed by atoms with Crippen LogP contribution in [-0.2, 0) is 19.6 Å². The van der Waals surface area contributed by atoms with E-state index in [1.54, 1.807) is 19.1 Å². The topological polar surface area (TPSA) is 83.9 Å². The SMILES string of the molecule is CCOC(=O)CN(C)S(=O)(=O)c1ccccc1C#CCO. The first kappa shape index (κ1) is 17.2. The van der Waals surface area contributed by atoms with Gasteiger partial charge in [0, 0.05) is 12.6 Å². The summed E-state index contributed by atoms with van der Waals surface area (Å²) in [6.45, 7) is 1.09. The summed E-state index contributed by atoms with van der Waals surface area (Å²) < 4.78 is 30.5. The van der Waals surface area contributed by atoms with Crippen LogP contribution in [0.2, 0.25) is 0 Å². The molecule has 0 aromatic heterocycles. The third kappa shape index (κ3) is 4.56. The van der Waals surface area contributed by atoms with Gasteiger partial charge in [-0.3, -0.25) is 4.79 Å². The Labute approximate surface area is 124 Å². The van der Waals surface area contributed by atoms with Gasteiger partial charge in [0.1, 0.15) is 13.2 Å². The van der Waals surface area contributed by atoms with Crippen LogP contribution in [0.3, 0.4) is 0 Å². The van der Waals surface area contributed by atoms with Gasteiger partial charge in [-0.2, -0.15) is 4.31 Å². The van der Waals surface area contributed by atoms with Gasteiger partial charge in [-0.15, -0.1) is 0 Å². The molecule has 0 unspecified atom stereocenters. The number of hydrogen-bond donors (Lipinski definition) is 1. The van der Waals surface area contributed by atoms with Gasteiger partial charge in [0.15, 0.2) is 0 Å². The van der Waals surface area contributed by atoms with E-state index < -0.39 is 16.0 Å². The second-order valence-electron chi connectivity index (χ2n) is 4.02. The fourth-order valence-corrected chi connectivity index (χ4v) is 2.83. The highest BCUT2D eigenvalue weighted by molar-refractivity contribution is 7.89. The predicted molar refractivity (Wildman–Crippen MR) is 76.9 cm³/mol. The molecule has 0 spiro atoms. The van der Waals surface area contributed by atoms with Crippen LogP contribution >= 0.6 is 0 Å². The number of rotatable bonds is 5. The molecular weight excluding hydrogens is 294 g/mol. The van der Waals surface area contributed by atoms with Gasteiger partial charge in [0.25, 0.3) is 0 Å². The van der Waals surface area contributed by atoms with Crippen molar-refractivity contribution in [3.8, 4) is 11.8 Å². The van der Waals surface area contributed by atoms with E-state index in [1.807, 2.05) is 0 Å². The number of aliphatic hydroxyl groups is 1. The Morgan fingerprint density at radius 1 is 1.38 bits per heavy atom. The Morgan fingerprint density at radius 2 is 2.05 bits per heavy atom. The number of carbonyl (C=O) groups excluding carboxylic acids is 1. The molecule has 1 N–H and O–H groups in total. The van der Waals surface area contributed by atoms with Gasteiger partial charge in [-0.25, -0.2) is 8.42 Å². The Hall–Kier alpha value is -1.88. The summed E-state index contributed by atoms with van der Waals surface area (Å²) >= 11 is 0. The van der Waals surface area contributed by atoms with Crippen LogP contribution in [-0.4, -0.2) is 50.6 Å². The standard InChI is InChI=1S/C14H17NO5S/c1-3-20-14(17)11-15(2)21(18,19)13-9-5-4-7-12(13)8-6-10-16/h4-5,7,9,16H,3,10-11H2,1-2H3. The zero-order chi connectivity index (χ0) is 15.9. The molecule has 1 aromatic carbocycles. The van der Waals surface area contributed by atoms with Crippen molar-refractivity contribution in [1.82, 2.24) is 4.31 Å². The van der Waals surface area contributed by atoms with E-state index in [1.165, 1.54) is 19.2 Å². The molecule has 0 fully saturated rings. The van der Waals surface area contributed by atoms with Crippen molar-refractivity contribution in [2.45, 2.75) is 11.8 Å². The molecule has 0 saturated heterocycles. The zero-order valence-corrected chi connectivity index (χ0v) is 12.7. The number of hydrogen-bond acceptors (Lipinski definition) is 5. The van der Waals surface area contributed by atoms with Gasteiger partial charge < -0.3 is 9.84 Å². The molecule has 0 saturated carbocycles. The van der Waals surface area contributed by atoms with E-state index in [2.05, 4.69) is 11.8 Å². The van der Waals surface area contributed by atoms with Gasteiger partial charge >= 0.3 is 5.97 Å². The van der Waals surface area contributed by atoms with Crippen LogP contribution in [0.4, 0.5) is 0 Å². The predicted octanol–water partition coefficient (Wildman–Crippen LogP) is 0.214. The van der Waals surface area contributed by atoms with Gasteiger partial charge in [-0.05, 0) is 19.1 Å². The Kier molecular flexibility index (Phi) is 6.37. The van der Waals surface area contributed by atoms with Crippen molar-refractivity contribution in [3.63, 3.8) is 0 Å². The van der Waals surface area contributed by atoms with E-state index in [-0.39, 0.29) is 30.2 Å². The second-order valence-corrected chi connectivity index (χ2v) is 6.04. The smallest absolute Gasteiger partial charge is 0.321 e. The number of nitrogens with zero attached hydrogens (tertiary/aromatic N) is 1. The molecule has 1 aromatic rings. The molecule has 0 heterocycles. The fourth-order valence-electron chi connectivity index (χ4n) is 1.57. The number of likely N-dealkylation sites (N-methyl/N-ethyl adjacent to an activating group) is 1. The van der Waals surface area contributed by atoms with Gasteiger partial charge in [0.05, 0.1) is 11.5 Å². The molecule has 1 rings (SSSR count). The van der Waals surface area contributed by atoms with E-state index in [0.717, 1.165) is 4.31 Å². The average Bonchev–Trinajstić information content (AvgIpc) is 2.45. The minimum Gasteiger partial charge on any atom is -0.465 e. The Balaban J connectivity index is 3.10. The van der Waals surface area contributed by atoms with Crippen LogP contribution in [0.25, 0.3) is 0 Å². The summed E-state index contributed by atoms with van der Waals surface area (Å²) in [5.41, 5.74) is 0.266. The van der Waals surface area contributed by atoms with E-state index in [0.29, 0.717) is 0 Å². The van der Waals surface area contributed by atoms with Crippen LogP contribution in [0.5, 0.6) is 0 Å². The highest BCUT2D eigenvalue weighted by Gasteiger charge is 2.25. The molecule has 7 heteroatoms. The molecule has 0 atom stereocenters. The summed E-state index contributed by atoms with van der Waals surface area (Å²) in [7, 11) is -2.57. The van der Waals surface area contributed by atoms with Crippen molar-refractivity contribution < 1.29 is 23.1 Å². The highest BCUT2D eigenvalue weighted by atomic mass is 32.2. The van der Waals surface area contributed by atoms with E-state index >= 15 is 0 Å². The first-order chi connectivity index (χ1) is 9.93. The van der Waals surface area contributed by atoms with Crippen LogP contribution < -0.4 is 0 Å². The fraction of sp³-hybridized carbons (Fsp3) is 0.357. The molecule has 0 amide bonds. The number of esters is 1. The molecule has 0 bridgehead atoms. The number of aliphatic hydroxyl groups excluding tert-OH is 1. The molecule has 0 aliphatic heterocycles. The maximum Gasteiger partial charge on any atom is 0.321 e. The summed E-state index contributed by atoms with van der Waals surface area (Å²) in [4.78, 5) is 11.4. The monoisotopic (exact) mass is 311 g/mol. The lowest BCUT2D eigenvalue weighted by molar-refractivity contribution is -0.143. The molecule has 0 aliphatic rings. The van der Waals surface area contributed by atoms with Crippen molar-refractivity contribution in [1.29, 1.82) is 0 Å². The number of sulfonamides is 1. The molecule has 21 heavy (non-hydrogen) atoms. The summed E-state index contributed by atoms with van der Waals surface area (Å²) in [5.74, 6) is 4.37. The molecule has 0 aliphatic carbocycles. The van der Waals surface area contributed by atoms with Crippen LogP contribution in [0.15, 0.2) is 29.2 Å². The molecule has 0 radical (unpaired) electrons. The van der Waals surface area contributed by atoms with Crippen molar-refractivity contribution in [2.75, 3.05) is 26.8 Å². The Morgan fingerprint density at radius 3 is 2.67 bits per heavy atom. The van der Waals surface area contributed by atoms with Crippen LogP contribution in [0, 0.1) is 11.8 Å². The average molecular weight is 311 g/mol. The first-order valence-corrected chi connectivity index (χ1v) is 7.68. The molecule has 6 nitrogen and oxygen atoms in total. The van der Waals surface area contributed by atoms with Gasteiger partial charge in [0.2, 0.25) is 10.0 Å². The molecule has 114 valence electrons. The minimum absolute atomic E-state index is 0.0160. The summed E-state index contributed by atoms with van der Waals surface area (Å²) in [5, 5.41) is 8.71. The molecular formula is C14H17NO5S. The van der Waals surface area contributed by atoms with Crippen molar-refractivity contribution in [2.24, 2.45) is 0 Å². The normalized spacial score (nSPS) is 10.9. The second kappa shape index (κ2) is 7.78.